The molecule has 0 fully saturated rings. The van der Waals surface area contributed by atoms with Gasteiger partial charge in [-0.15, -0.1) is 24.8 Å². The van der Waals surface area contributed by atoms with Crippen LogP contribution in [0.25, 0.3) is 0 Å². The predicted octanol–water partition coefficient (Wildman–Crippen LogP) is 4.95. The monoisotopic (exact) mass is 384 g/mol. The van der Waals surface area contributed by atoms with Crippen LogP contribution >= 0.6 is 35.9 Å². The Morgan fingerprint density at radius 2 is 1.88 bits per heavy atom. The van der Waals surface area contributed by atoms with Gasteiger partial charge in [-0.2, -0.15) is 0 Å². The van der Waals surface area contributed by atoms with Crippen LogP contribution in [0, 0.1) is 0 Å². The van der Waals surface area contributed by atoms with Crippen LogP contribution in [0.2, 0.25) is 13.1 Å². The van der Waals surface area contributed by atoms with Crippen LogP contribution in [0.4, 0.5) is 0 Å². The van der Waals surface area contributed by atoms with Crippen LogP contribution in [-0.2, 0) is 23.2 Å². The van der Waals surface area contributed by atoms with Crippen molar-refractivity contribution < 1.29 is 23.2 Å². The van der Waals surface area contributed by atoms with Gasteiger partial charge in [-0.05, 0) is 0 Å². The molecule has 2 aliphatic carbocycles. The first-order chi connectivity index (χ1) is 7.07. The SMILES string of the molecule is C[Si](C)(Cl)C1=[C]([Zr][C]2=CC=CC2)CC=C1.Cl.Cl. The molecule has 0 aromatic rings. The second kappa shape index (κ2) is 7.50. The molecular formula is C12H17Cl3SiZr. The molecular weight excluding hydrogens is 370 g/mol. The molecule has 0 aromatic carbocycles. The van der Waals surface area contributed by atoms with Crippen LogP contribution in [0.1, 0.15) is 12.8 Å². The molecule has 0 N–H and O–H groups in total. The van der Waals surface area contributed by atoms with Gasteiger partial charge in [0.25, 0.3) is 0 Å². The molecule has 0 radical (unpaired) electrons. The molecule has 0 heterocycles. The Bertz CT molecular complexity index is 389. The van der Waals surface area contributed by atoms with Gasteiger partial charge in [-0.1, -0.05) is 0 Å². The van der Waals surface area contributed by atoms with E-state index < -0.39 is 30.6 Å². The summed E-state index contributed by atoms with van der Waals surface area (Å²) in [6, 6.07) is 0. The van der Waals surface area contributed by atoms with Gasteiger partial charge >= 0.3 is 110 Å². The maximum atomic E-state index is 6.54. The molecule has 0 unspecified atom stereocenters. The summed E-state index contributed by atoms with van der Waals surface area (Å²) in [6.07, 6.45) is 13.8. The van der Waals surface area contributed by atoms with E-state index >= 15 is 0 Å². The molecule has 94 valence electrons. The van der Waals surface area contributed by atoms with Crippen molar-refractivity contribution >= 4 is 43.3 Å². The van der Waals surface area contributed by atoms with Crippen LogP contribution < -0.4 is 0 Å². The van der Waals surface area contributed by atoms with Crippen molar-refractivity contribution in [1.29, 1.82) is 0 Å². The smallest absolute Gasteiger partial charge is 0.147 e. The van der Waals surface area contributed by atoms with E-state index in [-0.39, 0.29) is 24.8 Å². The van der Waals surface area contributed by atoms with Gasteiger partial charge in [0.2, 0.25) is 0 Å². The van der Waals surface area contributed by atoms with Gasteiger partial charge in [-0.3, -0.25) is 0 Å². The zero-order valence-electron chi connectivity index (χ0n) is 10.00. The topological polar surface area (TPSA) is 0 Å². The van der Waals surface area contributed by atoms with E-state index in [4.69, 9.17) is 11.1 Å². The first kappa shape index (κ1) is 17.9. The summed E-state index contributed by atoms with van der Waals surface area (Å²) in [7, 11) is -1.60. The summed E-state index contributed by atoms with van der Waals surface area (Å²) < 4.78 is 3.42. The first-order valence-corrected chi connectivity index (χ1v) is 11.8. The zero-order chi connectivity index (χ0) is 10.9. The van der Waals surface area contributed by atoms with Crippen LogP contribution in [0.5, 0.6) is 0 Å². The number of rotatable bonds is 3. The maximum Gasteiger partial charge on any atom is -0.147 e. The Balaban J connectivity index is 0.00000128. The largest absolute Gasteiger partial charge is 0.147 e. The number of allylic oxidation sites excluding steroid dienone is 8. The van der Waals surface area contributed by atoms with E-state index in [0.717, 1.165) is 0 Å². The molecule has 0 aliphatic heterocycles. The zero-order valence-corrected chi connectivity index (χ0v) is 15.8. The molecule has 0 bridgehead atoms. The van der Waals surface area contributed by atoms with Crippen molar-refractivity contribution in [2.24, 2.45) is 0 Å². The molecule has 0 spiro atoms. The van der Waals surface area contributed by atoms with Gasteiger partial charge in [0.1, 0.15) is 0 Å². The molecule has 2 rings (SSSR count). The summed E-state index contributed by atoms with van der Waals surface area (Å²) in [5, 5.41) is 1.53. The van der Waals surface area contributed by atoms with Gasteiger partial charge in [0.05, 0.1) is 0 Å². The van der Waals surface area contributed by atoms with E-state index in [0.29, 0.717) is 0 Å². The molecule has 0 amide bonds. The number of hydrogen-bond donors (Lipinski definition) is 0. The standard InChI is InChI=1S/C7H10ClSi.C5H5.2ClH.Zr/c1-9(2,8)7-5-3-4-6-7;1-2-4-5-3-1;;;/h3,5H,4H2,1-2H3;1-3H,4H2;2*1H;. The quantitative estimate of drug-likeness (QED) is 0.475. The third kappa shape index (κ3) is 4.84. The summed E-state index contributed by atoms with van der Waals surface area (Å²) in [6.45, 7) is 4.47. The minimum Gasteiger partial charge on any atom is -0.147 e. The van der Waals surface area contributed by atoms with E-state index in [1.54, 1.807) is 6.56 Å². The summed E-state index contributed by atoms with van der Waals surface area (Å²) in [5.74, 6) is 0. The fraction of sp³-hybridized carbons (Fsp3) is 0.333. The minimum absolute atomic E-state index is 0. The van der Waals surface area contributed by atoms with Crippen molar-refractivity contribution in [1.82, 2.24) is 0 Å². The van der Waals surface area contributed by atoms with Crippen molar-refractivity contribution in [2.45, 2.75) is 25.9 Å². The van der Waals surface area contributed by atoms with Crippen molar-refractivity contribution in [2.75, 3.05) is 0 Å². The molecule has 0 nitrogen and oxygen atoms in total. The fourth-order valence-electron chi connectivity index (χ4n) is 1.91. The molecule has 0 saturated carbocycles. The van der Waals surface area contributed by atoms with E-state index in [1.165, 1.54) is 18.0 Å². The molecule has 2 aliphatic rings. The van der Waals surface area contributed by atoms with Crippen LogP contribution in [0.15, 0.2) is 42.1 Å². The second-order valence-electron chi connectivity index (χ2n) is 4.42. The van der Waals surface area contributed by atoms with Crippen LogP contribution in [0.3, 0.4) is 0 Å². The number of halogens is 3. The second-order valence-corrected chi connectivity index (χ2v) is 14.4. The normalized spacial score (nSPS) is 17.7. The number of hydrogen-bond acceptors (Lipinski definition) is 0. The fourth-order valence-corrected chi connectivity index (χ4v) is 10.0. The summed E-state index contributed by atoms with van der Waals surface area (Å²) >= 11 is 6.05. The van der Waals surface area contributed by atoms with Crippen molar-refractivity contribution in [3.63, 3.8) is 0 Å². The van der Waals surface area contributed by atoms with E-state index in [2.05, 4.69) is 43.5 Å². The molecule has 0 saturated heterocycles. The Labute approximate surface area is 133 Å². The van der Waals surface area contributed by atoms with Crippen molar-refractivity contribution in [3.8, 4) is 0 Å². The molecule has 0 atom stereocenters. The van der Waals surface area contributed by atoms with Crippen molar-refractivity contribution in [3.05, 3.63) is 42.1 Å². The summed E-state index contributed by atoms with van der Waals surface area (Å²) in [5.41, 5.74) is 0. The van der Waals surface area contributed by atoms with Gasteiger partial charge in [0, 0.05) is 0 Å². The van der Waals surface area contributed by atoms with Gasteiger partial charge in [-0.25, -0.2) is 0 Å². The molecule has 0 aromatic heterocycles. The third-order valence-corrected chi connectivity index (χ3v) is 9.24. The van der Waals surface area contributed by atoms with Gasteiger partial charge in [0.15, 0.2) is 0 Å². The summed E-state index contributed by atoms with van der Waals surface area (Å²) in [4.78, 5) is 0. The van der Waals surface area contributed by atoms with E-state index in [1.807, 2.05) is 0 Å². The Hall–Kier alpha value is 0.930. The maximum absolute atomic E-state index is 6.54. The minimum atomic E-state index is -1.60. The average molecular weight is 387 g/mol. The van der Waals surface area contributed by atoms with Gasteiger partial charge < -0.3 is 0 Å². The molecule has 17 heavy (non-hydrogen) atoms. The van der Waals surface area contributed by atoms with E-state index in [9.17, 15) is 0 Å². The Morgan fingerprint density at radius 1 is 1.18 bits per heavy atom. The third-order valence-electron chi connectivity index (χ3n) is 2.65. The predicted molar refractivity (Wildman–Crippen MR) is 80.5 cm³/mol. The first-order valence-electron chi connectivity index (χ1n) is 5.29. The van der Waals surface area contributed by atoms with Crippen LogP contribution in [-0.4, -0.2) is 7.38 Å². The molecule has 5 heteroatoms. The average Bonchev–Trinajstić information content (AvgIpc) is 2.73. The Kier molecular flexibility index (Phi) is 7.91. The Morgan fingerprint density at radius 3 is 2.41 bits per heavy atom.